The molecule has 1 fully saturated rings. The number of aliphatic hydroxyl groups excluding tert-OH is 1. The van der Waals surface area contributed by atoms with Crippen molar-refractivity contribution in [3.63, 3.8) is 0 Å². The van der Waals surface area contributed by atoms with Crippen molar-refractivity contribution in [2.45, 2.75) is 44.7 Å². The molecular weight excluding hydrogens is 273 g/mol. The summed E-state index contributed by atoms with van der Waals surface area (Å²) >= 11 is 0. The molecular formula is C13H23F3N2O2. The summed E-state index contributed by atoms with van der Waals surface area (Å²) in [6.45, 7) is -1.76. The number of rotatable bonds is 6. The molecule has 0 aromatic heterocycles. The van der Waals surface area contributed by atoms with E-state index in [1.165, 1.54) is 0 Å². The van der Waals surface area contributed by atoms with Crippen LogP contribution < -0.4 is 5.73 Å². The second-order valence-corrected chi connectivity index (χ2v) is 5.60. The molecule has 0 spiro atoms. The van der Waals surface area contributed by atoms with E-state index in [0.29, 0.717) is 11.4 Å². The van der Waals surface area contributed by atoms with Crippen LogP contribution >= 0.6 is 0 Å². The van der Waals surface area contributed by atoms with Crippen LogP contribution in [0.15, 0.2) is 0 Å². The third-order valence-electron chi connectivity index (χ3n) is 3.97. The molecule has 0 unspecified atom stereocenters. The van der Waals surface area contributed by atoms with Crippen LogP contribution in [-0.4, -0.2) is 48.3 Å². The van der Waals surface area contributed by atoms with E-state index in [1.807, 2.05) is 0 Å². The van der Waals surface area contributed by atoms with Crippen molar-refractivity contribution in [1.29, 1.82) is 0 Å². The minimum Gasteiger partial charge on any atom is -0.395 e. The molecule has 7 heteroatoms. The van der Waals surface area contributed by atoms with Gasteiger partial charge in [-0.25, -0.2) is 0 Å². The number of nitrogens with two attached hydrogens (primary N) is 1. The van der Waals surface area contributed by atoms with Gasteiger partial charge in [0.25, 0.3) is 0 Å². The van der Waals surface area contributed by atoms with Gasteiger partial charge in [0.15, 0.2) is 0 Å². The quantitative estimate of drug-likeness (QED) is 0.783. The van der Waals surface area contributed by atoms with Gasteiger partial charge in [0.05, 0.1) is 6.61 Å². The van der Waals surface area contributed by atoms with E-state index < -0.39 is 25.2 Å². The van der Waals surface area contributed by atoms with Crippen molar-refractivity contribution >= 4 is 5.91 Å². The van der Waals surface area contributed by atoms with Crippen LogP contribution in [0, 0.1) is 5.41 Å². The van der Waals surface area contributed by atoms with Crippen LogP contribution in [0.2, 0.25) is 0 Å². The Kier molecular flexibility index (Phi) is 6.26. The first-order chi connectivity index (χ1) is 9.32. The van der Waals surface area contributed by atoms with Gasteiger partial charge in [-0.05, 0) is 24.8 Å². The van der Waals surface area contributed by atoms with Crippen molar-refractivity contribution in [1.82, 2.24) is 4.90 Å². The average Bonchev–Trinajstić information content (AvgIpc) is 2.38. The molecule has 0 saturated heterocycles. The maximum atomic E-state index is 12.4. The van der Waals surface area contributed by atoms with Crippen LogP contribution in [-0.2, 0) is 4.79 Å². The van der Waals surface area contributed by atoms with E-state index in [-0.39, 0.29) is 18.4 Å². The highest BCUT2D eigenvalue weighted by atomic mass is 19.4. The Balaban J connectivity index is 2.68. The van der Waals surface area contributed by atoms with Gasteiger partial charge < -0.3 is 15.7 Å². The highest BCUT2D eigenvalue weighted by Crippen LogP contribution is 2.38. The summed E-state index contributed by atoms with van der Waals surface area (Å²) in [6, 6.07) is 0. The number of carbonyl (C=O) groups excluding carboxylic acids is 1. The molecule has 118 valence electrons. The summed E-state index contributed by atoms with van der Waals surface area (Å²) in [5, 5.41) is 8.82. The van der Waals surface area contributed by atoms with E-state index in [4.69, 9.17) is 10.8 Å². The average molecular weight is 296 g/mol. The molecule has 1 saturated carbocycles. The summed E-state index contributed by atoms with van der Waals surface area (Å²) in [4.78, 5) is 12.8. The van der Waals surface area contributed by atoms with E-state index in [9.17, 15) is 18.0 Å². The Hall–Kier alpha value is -0.820. The number of aliphatic hydroxyl groups is 1. The molecule has 0 heterocycles. The lowest BCUT2D eigenvalue weighted by Gasteiger charge is -2.37. The molecule has 0 aromatic rings. The number of hydrogen-bond acceptors (Lipinski definition) is 3. The second-order valence-electron chi connectivity index (χ2n) is 5.60. The largest absolute Gasteiger partial charge is 0.406 e. The fraction of sp³-hybridized carbons (Fsp3) is 0.923. The van der Waals surface area contributed by atoms with Crippen LogP contribution in [0.25, 0.3) is 0 Å². The second kappa shape index (κ2) is 7.26. The molecule has 0 bridgehead atoms. The van der Waals surface area contributed by atoms with Crippen molar-refractivity contribution in [2.75, 3.05) is 26.2 Å². The van der Waals surface area contributed by atoms with Crippen LogP contribution in [0.3, 0.4) is 0 Å². The van der Waals surface area contributed by atoms with E-state index >= 15 is 0 Å². The predicted octanol–water partition coefficient (Wildman–Crippen LogP) is 1.67. The summed E-state index contributed by atoms with van der Waals surface area (Å²) in [7, 11) is 0. The van der Waals surface area contributed by atoms with Gasteiger partial charge in [0, 0.05) is 13.0 Å². The molecule has 4 nitrogen and oxygen atoms in total. The van der Waals surface area contributed by atoms with Crippen molar-refractivity contribution in [3.05, 3.63) is 0 Å². The molecule has 0 radical (unpaired) electrons. The molecule has 1 aliphatic carbocycles. The summed E-state index contributed by atoms with van der Waals surface area (Å²) in [6.07, 6.45) is 0.168. The molecule has 3 N–H and O–H groups in total. The van der Waals surface area contributed by atoms with E-state index in [0.717, 1.165) is 32.1 Å². The maximum absolute atomic E-state index is 12.4. The van der Waals surface area contributed by atoms with Gasteiger partial charge in [-0.2, -0.15) is 13.2 Å². The fourth-order valence-electron chi connectivity index (χ4n) is 2.82. The fourth-order valence-corrected chi connectivity index (χ4v) is 2.82. The van der Waals surface area contributed by atoms with E-state index in [2.05, 4.69) is 0 Å². The van der Waals surface area contributed by atoms with Gasteiger partial charge >= 0.3 is 6.18 Å². The number of carbonyl (C=O) groups is 1. The Morgan fingerprint density at radius 3 is 2.30 bits per heavy atom. The van der Waals surface area contributed by atoms with E-state index in [1.54, 1.807) is 0 Å². The molecule has 0 aromatic carbocycles. The topological polar surface area (TPSA) is 66.6 Å². The Morgan fingerprint density at radius 2 is 1.85 bits per heavy atom. The molecule has 1 rings (SSSR count). The van der Waals surface area contributed by atoms with Gasteiger partial charge in [-0.3, -0.25) is 4.79 Å². The zero-order chi connectivity index (χ0) is 15.2. The lowest BCUT2D eigenvalue weighted by Crippen LogP contribution is -2.44. The summed E-state index contributed by atoms with van der Waals surface area (Å²) < 4.78 is 37.3. The van der Waals surface area contributed by atoms with Crippen molar-refractivity contribution in [2.24, 2.45) is 11.1 Å². The first kappa shape index (κ1) is 17.2. The molecule has 0 atom stereocenters. The van der Waals surface area contributed by atoms with Gasteiger partial charge in [-0.15, -0.1) is 0 Å². The number of nitrogens with zero attached hydrogens (tertiary/aromatic N) is 1. The van der Waals surface area contributed by atoms with Crippen LogP contribution in [0.1, 0.15) is 38.5 Å². The SMILES string of the molecule is NCC1(CC(=O)N(CCO)CC(F)(F)F)CCCCC1. The predicted molar refractivity (Wildman–Crippen MR) is 68.9 cm³/mol. The summed E-state index contributed by atoms with van der Waals surface area (Å²) in [5.74, 6) is -0.566. The smallest absolute Gasteiger partial charge is 0.395 e. The highest BCUT2D eigenvalue weighted by Gasteiger charge is 2.37. The van der Waals surface area contributed by atoms with Gasteiger partial charge in [0.2, 0.25) is 5.91 Å². The molecule has 0 aliphatic heterocycles. The Labute approximate surface area is 117 Å². The standard InChI is InChI=1S/C13H23F3N2O2/c14-13(15,16)10-18(6-7-19)11(20)8-12(9-17)4-2-1-3-5-12/h19H,1-10,17H2. The minimum absolute atomic E-state index is 0.0412. The monoisotopic (exact) mass is 296 g/mol. The lowest BCUT2D eigenvalue weighted by atomic mass is 9.71. The zero-order valence-corrected chi connectivity index (χ0v) is 11.6. The van der Waals surface area contributed by atoms with Crippen LogP contribution in [0.5, 0.6) is 0 Å². The Morgan fingerprint density at radius 1 is 1.25 bits per heavy atom. The highest BCUT2D eigenvalue weighted by molar-refractivity contribution is 5.77. The lowest BCUT2D eigenvalue weighted by molar-refractivity contribution is -0.163. The molecule has 20 heavy (non-hydrogen) atoms. The number of hydrogen-bond donors (Lipinski definition) is 2. The molecule has 1 amide bonds. The first-order valence-corrected chi connectivity index (χ1v) is 6.97. The van der Waals surface area contributed by atoms with Crippen molar-refractivity contribution in [3.8, 4) is 0 Å². The van der Waals surface area contributed by atoms with Crippen LogP contribution in [0.4, 0.5) is 13.2 Å². The zero-order valence-electron chi connectivity index (χ0n) is 11.6. The first-order valence-electron chi connectivity index (χ1n) is 6.97. The van der Waals surface area contributed by atoms with Gasteiger partial charge in [0.1, 0.15) is 6.54 Å². The normalized spacial score (nSPS) is 18.9. The number of amides is 1. The Bertz CT molecular complexity index is 315. The third-order valence-corrected chi connectivity index (χ3v) is 3.97. The maximum Gasteiger partial charge on any atom is 0.406 e. The summed E-state index contributed by atoms with van der Waals surface area (Å²) in [5.41, 5.74) is 5.38. The van der Waals surface area contributed by atoms with Gasteiger partial charge in [-0.1, -0.05) is 19.3 Å². The third kappa shape index (κ3) is 5.28. The number of halogens is 3. The number of alkyl halides is 3. The van der Waals surface area contributed by atoms with Crippen molar-refractivity contribution < 1.29 is 23.1 Å². The minimum atomic E-state index is -4.45. The molecule has 1 aliphatic rings.